The maximum absolute atomic E-state index is 10.4. The van der Waals surface area contributed by atoms with Gasteiger partial charge in [-0.15, -0.1) is 0 Å². The van der Waals surface area contributed by atoms with Crippen molar-refractivity contribution >= 4 is 40.3 Å². The summed E-state index contributed by atoms with van der Waals surface area (Å²) in [6.07, 6.45) is 0.522. The Labute approximate surface area is 99.8 Å². The Bertz CT molecular complexity index is 359. The second-order valence-electron chi connectivity index (χ2n) is 2.70. The second kappa shape index (κ2) is 4.79. The van der Waals surface area contributed by atoms with Gasteiger partial charge in [0.25, 0.3) is 0 Å². The maximum Gasteiger partial charge on any atom is 0.405 e. The second-order valence-corrected chi connectivity index (χ2v) is 4.25. The van der Waals surface area contributed by atoms with E-state index in [4.69, 9.17) is 16.7 Å². The first kappa shape index (κ1) is 11.5. The molecule has 0 bridgehead atoms. The molecule has 0 aromatic carbocycles. The van der Waals surface area contributed by atoms with E-state index >= 15 is 0 Å². The van der Waals surface area contributed by atoms with Crippen LogP contribution in [-0.4, -0.2) is 16.2 Å². The first-order valence-electron chi connectivity index (χ1n) is 3.81. The number of hydrogen-bond donors (Lipinski definition) is 2. The average molecular weight is 327 g/mol. The predicted molar refractivity (Wildman–Crippen MR) is 61.5 cm³/mol. The van der Waals surface area contributed by atoms with Crippen molar-refractivity contribution in [2.45, 2.75) is 13.0 Å². The zero-order valence-corrected chi connectivity index (χ0v) is 10.2. The molecule has 0 fully saturated rings. The van der Waals surface area contributed by atoms with Crippen molar-refractivity contribution < 1.29 is 9.90 Å². The highest BCUT2D eigenvalue weighted by Gasteiger charge is 2.11. The van der Waals surface area contributed by atoms with Crippen LogP contribution < -0.4 is 5.32 Å². The molecular formula is C8H8ClIN2O2. The Morgan fingerprint density at radius 1 is 1.79 bits per heavy atom. The Morgan fingerprint density at radius 3 is 2.93 bits per heavy atom. The molecule has 0 aliphatic heterocycles. The molecule has 0 saturated carbocycles. The van der Waals surface area contributed by atoms with Gasteiger partial charge in [-0.2, -0.15) is 0 Å². The molecule has 76 valence electrons. The normalized spacial score (nSPS) is 12.2. The molecule has 14 heavy (non-hydrogen) atoms. The highest BCUT2D eigenvalue weighted by atomic mass is 127. The predicted octanol–water partition coefficient (Wildman–Crippen LogP) is 2.67. The van der Waals surface area contributed by atoms with E-state index < -0.39 is 6.09 Å². The number of amides is 1. The summed E-state index contributed by atoms with van der Waals surface area (Å²) in [6.45, 7) is 1.75. The smallest absolute Gasteiger partial charge is 0.405 e. The third-order valence-corrected chi connectivity index (χ3v) is 2.80. The van der Waals surface area contributed by atoms with Crippen LogP contribution in [0, 0.1) is 3.57 Å². The quantitative estimate of drug-likeness (QED) is 0.649. The Morgan fingerprint density at radius 2 is 2.43 bits per heavy atom. The van der Waals surface area contributed by atoms with Crippen LogP contribution in [0.25, 0.3) is 0 Å². The minimum Gasteiger partial charge on any atom is -0.465 e. The van der Waals surface area contributed by atoms with Crippen LogP contribution in [-0.2, 0) is 0 Å². The summed E-state index contributed by atoms with van der Waals surface area (Å²) in [6, 6.07) is 1.40. The summed E-state index contributed by atoms with van der Waals surface area (Å²) in [5.74, 6) is 0. The van der Waals surface area contributed by atoms with Crippen molar-refractivity contribution in [1.82, 2.24) is 10.3 Å². The molecule has 0 radical (unpaired) electrons. The summed E-state index contributed by atoms with van der Waals surface area (Å²) in [4.78, 5) is 14.3. The highest BCUT2D eigenvalue weighted by Crippen LogP contribution is 2.21. The topological polar surface area (TPSA) is 62.2 Å². The van der Waals surface area contributed by atoms with Gasteiger partial charge in [-0.25, -0.2) is 9.78 Å². The first-order valence-corrected chi connectivity index (χ1v) is 5.26. The number of halogens is 2. The maximum atomic E-state index is 10.4. The number of carbonyl (C=O) groups is 1. The van der Waals surface area contributed by atoms with Gasteiger partial charge in [0.05, 0.1) is 6.04 Å². The third kappa shape index (κ3) is 2.98. The molecule has 1 aromatic heterocycles. The van der Waals surface area contributed by atoms with Gasteiger partial charge in [0.2, 0.25) is 0 Å². The van der Waals surface area contributed by atoms with Gasteiger partial charge < -0.3 is 10.4 Å². The molecule has 1 amide bonds. The number of carboxylic acid groups (broad SMARTS) is 1. The fraction of sp³-hybridized carbons (Fsp3) is 0.250. The molecule has 0 spiro atoms. The molecule has 6 heteroatoms. The van der Waals surface area contributed by atoms with E-state index in [1.165, 1.54) is 0 Å². The zero-order valence-electron chi connectivity index (χ0n) is 7.29. The molecule has 4 nitrogen and oxygen atoms in total. The summed E-state index contributed by atoms with van der Waals surface area (Å²) >= 11 is 7.77. The molecule has 2 N–H and O–H groups in total. The summed E-state index contributed by atoms with van der Waals surface area (Å²) in [7, 11) is 0. The minimum atomic E-state index is -1.05. The van der Waals surface area contributed by atoms with E-state index in [1.54, 1.807) is 19.2 Å². The van der Waals surface area contributed by atoms with E-state index in [9.17, 15) is 4.79 Å². The minimum absolute atomic E-state index is 0.288. The molecule has 0 aliphatic carbocycles. The van der Waals surface area contributed by atoms with E-state index in [-0.39, 0.29) is 6.04 Å². The number of aromatic nitrogens is 1. The number of rotatable bonds is 2. The molecule has 1 rings (SSSR count). The lowest BCUT2D eigenvalue weighted by atomic mass is 10.1. The molecule has 1 aromatic rings. The molecule has 1 atom stereocenters. The lowest BCUT2D eigenvalue weighted by Crippen LogP contribution is -2.25. The number of hydrogen-bond acceptors (Lipinski definition) is 2. The Kier molecular flexibility index (Phi) is 3.94. The van der Waals surface area contributed by atoms with E-state index in [2.05, 4.69) is 32.9 Å². The van der Waals surface area contributed by atoms with Crippen LogP contribution in [0.15, 0.2) is 12.3 Å². The van der Waals surface area contributed by atoms with E-state index in [0.29, 0.717) is 5.15 Å². The van der Waals surface area contributed by atoms with Crippen LogP contribution in [0.5, 0.6) is 0 Å². The fourth-order valence-corrected chi connectivity index (χ4v) is 2.24. The summed E-state index contributed by atoms with van der Waals surface area (Å²) < 4.78 is 0.892. The van der Waals surface area contributed by atoms with Gasteiger partial charge in [-0.3, -0.25) is 0 Å². The molecule has 0 aliphatic rings. The van der Waals surface area contributed by atoms with Crippen molar-refractivity contribution in [3.8, 4) is 0 Å². The molecule has 1 unspecified atom stereocenters. The molecule has 0 saturated heterocycles. The highest BCUT2D eigenvalue weighted by molar-refractivity contribution is 14.1. The first-order chi connectivity index (χ1) is 6.50. The summed E-state index contributed by atoms with van der Waals surface area (Å²) in [5, 5.41) is 11.3. The monoisotopic (exact) mass is 326 g/mol. The van der Waals surface area contributed by atoms with Crippen molar-refractivity contribution in [1.29, 1.82) is 0 Å². The van der Waals surface area contributed by atoms with Gasteiger partial charge in [0.1, 0.15) is 5.15 Å². The van der Waals surface area contributed by atoms with Crippen LogP contribution in [0.3, 0.4) is 0 Å². The van der Waals surface area contributed by atoms with Crippen molar-refractivity contribution in [2.75, 3.05) is 0 Å². The van der Waals surface area contributed by atoms with E-state index in [0.717, 1.165) is 9.13 Å². The zero-order chi connectivity index (χ0) is 10.7. The average Bonchev–Trinajstić information content (AvgIpc) is 2.01. The fourth-order valence-electron chi connectivity index (χ4n) is 1.000. The van der Waals surface area contributed by atoms with Gasteiger partial charge in [-0.05, 0) is 35.6 Å². The van der Waals surface area contributed by atoms with Crippen molar-refractivity contribution in [3.05, 3.63) is 26.5 Å². The van der Waals surface area contributed by atoms with Crippen molar-refractivity contribution in [3.63, 3.8) is 0 Å². The SMILES string of the molecule is CC(NC(=O)O)c1cnc(Cl)cc1I. The third-order valence-electron chi connectivity index (χ3n) is 1.66. The number of nitrogens with zero attached hydrogens (tertiary/aromatic N) is 1. The van der Waals surface area contributed by atoms with E-state index in [1.807, 2.05) is 0 Å². The lowest BCUT2D eigenvalue weighted by Gasteiger charge is -2.12. The largest absolute Gasteiger partial charge is 0.465 e. The van der Waals surface area contributed by atoms with Crippen LogP contribution in [0.4, 0.5) is 4.79 Å². The van der Waals surface area contributed by atoms with Gasteiger partial charge >= 0.3 is 6.09 Å². The van der Waals surface area contributed by atoms with Gasteiger partial charge in [0.15, 0.2) is 0 Å². The van der Waals surface area contributed by atoms with Crippen LogP contribution in [0.2, 0.25) is 5.15 Å². The lowest BCUT2D eigenvalue weighted by molar-refractivity contribution is 0.191. The molecule has 1 heterocycles. The van der Waals surface area contributed by atoms with Gasteiger partial charge in [-0.1, -0.05) is 11.6 Å². The Hall–Kier alpha value is -0.560. The Balaban J connectivity index is 2.90. The van der Waals surface area contributed by atoms with Crippen molar-refractivity contribution in [2.24, 2.45) is 0 Å². The number of nitrogens with one attached hydrogen (secondary N) is 1. The summed E-state index contributed by atoms with van der Waals surface area (Å²) in [5.41, 5.74) is 0.817. The van der Waals surface area contributed by atoms with Gasteiger partial charge in [0, 0.05) is 15.3 Å². The molecular weight excluding hydrogens is 318 g/mol. The number of pyridine rings is 1. The van der Waals surface area contributed by atoms with Crippen LogP contribution in [0.1, 0.15) is 18.5 Å². The standard InChI is InChI=1S/C8H8ClIN2O2/c1-4(12-8(13)14)5-3-11-7(9)2-6(5)10/h2-4,12H,1H3,(H,13,14). The van der Waals surface area contributed by atoms with Crippen LogP contribution >= 0.6 is 34.2 Å².